The number of methoxy groups -OCH3 is 1. The molecule has 0 radical (unpaired) electrons. The van der Waals surface area contributed by atoms with Crippen molar-refractivity contribution in [1.82, 2.24) is 5.32 Å². The van der Waals surface area contributed by atoms with Crippen LogP contribution in [0.3, 0.4) is 0 Å². The van der Waals surface area contributed by atoms with Crippen LogP contribution in [0.25, 0.3) is 0 Å². The maximum absolute atomic E-state index is 12.1. The van der Waals surface area contributed by atoms with E-state index in [2.05, 4.69) is 17.4 Å². The Morgan fingerprint density at radius 3 is 2.68 bits per heavy atom. The van der Waals surface area contributed by atoms with Crippen LogP contribution in [-0.2, 0) is 34.0 Å². The summed E-state index contributed by atoms with van der Waals surface area (Å²) in [5.74, 6) is 0.294. The second kappa shape index (κ2) is 5.91. The van der Waals surface area contributed by atoms with Gasteiger partial charge in [0.1, 0.15) is 5.75 Å². The number of fused-ring (bicyclic) bond motifs is 1. The van der Waals surface area contributed by atoms with Gasteiger partial charge in [0.2, 0.25) is 5.91 Å². The van der Waals surface area contributed by atoms with Crippen LogP contribution in [-0.4, -0.2) is 32.9 Å². The number of benzene rings is 1. The van der Waals surface area contributed by atoms with E-state index in [9.17, 15) is 13.2 Å². The van der Waals surface area contributed by atoms with Crippen molar-refractivity contribution in [3.8, 4) is 5.75 Å². The Hall–Kier alpha value is -1.56. The number of hydrogen-bond acceptors (Lipinski definition) is 4. The molecule has 1 amide bonds. The Labute approximate surface area is 131 Å². The van der Waals surface area contributed by atoms with Crippen molar-refractivity contribution in [2.24, 2.45) is 5.92 Å². The summed E-state index contributed by atoms with van der Waals surface area (Å²) in [6.07, 6.45) is 3.74. The maximum Gasteiger partial charge on any atom is 0.224 e. The van der Waals surface area contributed by atoms with Crippen LogP contribution in [0, 0.1) is 5.92 Å². The van der Waals surface area contributed by atoms with Gasteiger partial charge in [0.25, 0.3) is 0 Å². The molecule has 1 atom stereocenters. The van der Waals surface area contributed by atoms with Crippen LogP contribution < -0.4 is 10.1 Å². The van der Waals surface area contributed by atoms with Gasteiger partial charge >= 0.3 is 0 Å². The maximum atomic E-state index is 12.1. The predicted molar refractivity (Wildman–Crippen MR) is 83.6 cm³/mol. The lowest BCUT2D eigenvalue weighted by molar-refractivity contribution is -0.124. The highest BCUT2D eigenvalue weighted by molar-refractivity contribution is 7.91. The fraction of sp³-hybridized carbons (Fsp3) is 0.562. The molecule has 1 unspecified atom stereocenters. The summed E-state index contributed by atoms with van der Waals surface area (Å²) in [5.41, 5.74) is 3.61. The third kappa shape index (κ3) is 3.11. The van der Waals surface area contributed by atoms with E-state index in [0.717, 1.165) is 30.6 Å². The average molecular weight is 323 g/mol. The molecule has 0 bridgehead atoms. The Balaban J connectivity index is 1.68. The molecule has 5 nitrogen and oxygen atoms in total. The number of amides is 1. The van der Waals surface area contributed by atoms with Gasteiger partial charge in [-0.3, -0.25) is 4.79 Å². The van der Waals surface area contributed by atoms with Gasteiger partial charge in [-0.1, -0.05) is 6.07 Å². The molecule has 0 aromatic heterocycles. The standard InChI is InChI=1S/C16H21NO4S/c1-21-15-8-12-4-2-3-11(12)7-14(15)9-17-16(18)13-5-6-22(19,20)10-13/h7-8,13H,2-6,9-10H2,1H3,(H,17,18). The Morgan fingerprint density at radius 2 is 2.05 bits per heavy atom. The second-order valence-electron chi connectivity index (χ2n) is 6.10. The highest BCUT2D eigenvalue weighted by Gasteiger charge is 2.32. The van der Waals surface area contributed by atoms with Crippen molar-refractivity contribution in [3.05, 3.63) is 28.8 Å². The molecule has 1 heterocycles. The molecule has 3 rings (SSSR count). The molecular formula is C16H21NO4S. The van der Waals surface area contributed by atoms with Crippen LogP contribution in [0.5, 0.6) is 5.75 Å². The van der Waals surface area contributed by atoms with Crippen LogP contribution in [0.15, 0.2) is 12.1 Å². The molecule has 22 heavy (non-hydrogen) atoms. The summed E-state index contributed by atoms with van der Waals surface area (Å²) in [4.78, 5) is 12.1. The minimum absolute atomic E-state index is 0.0276. The largest absolute Gasteiger partial charge is 0.496 e. The van der Waals surface area contributed by atoms with Gasteiger partial charge < -0.3 is 10.1 Å². The van der Waals surface area contributed by atoms with Crippen molar-refractivity contribution >= 4 is 15.7 Å². The van der Waals surface area contributed by atoms with Crippen molar-refractivity contribution in [3.63, 3.8) is 0 Å². The van der Waals surface area contributed by atoms with Crippen LogP contribution in [0.2, 0.25) is 0 Å². The van der Waals surface area contributed by atoms with E-state index in [-0.39, 0.29) is 17.4 Å². The number of carbonyl (C=O) groups is 1. The lowest BCUT2D eigenvalue weighted by Crippen LogP contribution is -2.31. The van der Waals surface area contributed by atoms with Gasteiger partial charge in [-0.25, -0.2) is 8.42 Å². The number of ether oxygens (including phenoxy) is 1. The topological polar surface area (TPSA) is 72.5 Å². The van der Waals surface area contributed by atoms with E-state index in [1.165, 1.54) is 11.1 Å². The molecule has 1 aromatic carbocycles. The van der Waals surface area contributed by atoms with Crippen molar-refractivity contribution in [2.75, 3.05) is 18.6 Å². The first-order chi connectivity index (χ1) is 10.5. The summed E-state index contributed by atoms with van der Waals surface area (Å²) >= 11 is 0. The third-order valence-corrected chi connectivity index (χ3v) is 6.32. The molecule has 1 aliphatic carbocycles. The van der Waals surface area contributed by atoms with Gasteiger partial charge in [0.05, 0.1) is 24.5 Å². The van der Waals surface area contributed by atoms with E-state index in [0.29, 0.717) is 13.0 Å². The molecule has 1 aromatic rings. The first-order valence-corrected chi connectivity index (χ1v) is 9.47. The third-order valence-electron chi connectivity index (χ3n) is 4.55. The first-order valence-electron chi connectivity index (χ1n) is 7.65. The zero-order chi connectivity index (χ0) is 15.7. The molecule has 1 N–H and O–H groups in total. The number of hydrogen-bond donors (Lipinski definition) is 1. The molecule has 0 spiro atoms. The average Bonchev–Trinajstić information content (AvgIpc) is 3.08. The normalized spacial score (nSPS) is 22.3. The molecule has 2 aliphatic rings. The van der Waals surface area contributed by atoms with Gasteiger partial charge in [0, 0.05) is 12.1 Å². The first kappa shape index (κ1) is 15.3. The zero-order valence-electron chi connectivity index (χ0n) is 12.7. The Bertz CT molecular complexity index is 696. The summed E-state index contributed by atoms with van der Waals surface area (Å²) in [6.45, 7) is 0.381. The quantitative estimate of drug-likeness (QED) is 0.905. The van der Waals surface area contributed by atoms with Crippen LogP contribution >= 0.6 is 0 Å². The number of nitrogens with one attached hydrogen (secondary N) is 1. The SMILES string of the molecule is COc1cc2c(cc1CNC(=O)C1CCS(=O)(=O)C1)CCC2. The van der Waals surface area contributed by atoms with E-state index >= 15 is 0 Å². The van der Waals surface area contributed by atoms with E-state index in [1.807, 2.05) is 0 Å². The van der Waals surface area contributed by atoms with Crippen molar-refractivity contribution in [1.29, 1.82) is 0 Å². The number of carbonyl (C=O) groups excluding carboxylic acids is 1. The van der Waals surface area contributed by atoms with Gasteiger partial charge in [-0.15, -0.1) is 0 Å². The van der Waals surface area contributed by atoms with Crippen molar-refractivity contribution in [2.45, 2.75) is 32.2 Å². The number of aryl methyl sites for hydroxylation is 2. The lowest BCUT2D eigenvalue weighted by atomic mass is 10.0. The van der Waals surface area contributed by atoms with Gasteiger partial charge in [-0.05, 0) is 42.9 Å². The minimum atomic E-state index is -3.03. The second-order valence-corrected chi connectivity index (χ2v) is 8.33. The number of sulfone groups is 1. The molecule has 120 valence electrons. The highest BCUT2D eigenvalue weighted by atomic mass is 32.2. The molecule has 1 saturated heterocycles. The molecule has 0 saturated carbocycles. The Morgan fingerprint density at radius 1 is 1.32 bits per heavy atom. The van der Waals surface area contributed by atoms with E-state index in [1.54, 1.807) is 7.11 Å². The smallest absolute Gasteiger partial charge is 0.224 e. The molecule has 1 fully saturated rings. The fourth-order valence-corrected chi connectivity index (χ4v) is 5.05. The van der Waals surface area contributed by atoms with Crippen LogP contribution in [0.1, 0.15) is 29.5 Å². The Kier molecular flexibility index (Phi) is 4.12. The summed E-state index contributed by atoms with van der Waals surface area (Å²) in [6, 6.07) is 4.16. The predicted octanol–water partition coefficient (Wildman–Crippen LogP) is 1.23. The fourth-order valence-electron chi connectivity index (χ4n) is 3.31. The van der Waals surface area contributed by atoms with Crippen molar-refractivity contribution < 1.29 is 17.9 Å². The number of rotatable bonds is 4. The molecular weight excluding hydrogens is 302 g/mol. The summed E-state index contributed by atoms with van der Waals surface area (Å²) in [5, 5.41) is 2.86. The molecule has 1 aliphatic heterocycles. The summed E-state index contributed by atoms with van der Waals surface area (Å²) < 4.78 is 28.3. The van der Waals surface area contributed by atoms with E-state index < -0.39 is 15.8 Å². The van der Waals surface area contributed by atoms with Crippen LogP contribution in [0.4, 0.5) is 0 Å². The van der Waals surface area contributed by atoms with E-state index in [4.69, 9.17) is 4.74 Å². The van der Waals surface area contributed by atoms with Gasteiger partial charge in [0.15, 0.2) is 9.84 Å². The lowest BCUT2D eigenvalue weighted by Gasteiger charge is -2.14. The summed E-state index contributed by atoms with van der Waals surface area (Å²) in [7, 11) is -1.40. The molecule has 6 heteroatoms. The monoisotopic (exact) mass is 323 g/mol. The highest BCUT2D eigenvalue weighted by Crippen LogP contribution is 2.30. The zero-order valence-corrected chi connectivity index (χ0v) is 13.5. The van der Waals surface area contributed by atoms with Gasteiger partial charge in [-0.2, -0.15) is 0 Å². The minimum Gasteiger partial charge on any atom is -0.496 e.